The van der Waals surface area contributed by atoms with Crippen LogP contribution in [0, 0.1) is 6.92 Å². The molecule has 0 fully saturated rings. The summed E-state index contributed by atoms with van der Waals surface area (Å²) in [4.78, 5) is 14.3. The zero-order chi connectivity index (χ0) is 19.6. The van der Waals surface area contributed by atoms with Crippen molar-refractivity contribution in [2.45, 2.75) is 20.3 Å². The van der Waals surface area contributed by atoms with Crippen molar-refractivity contribution < 1.29 is 13.6 Å². The van der Waals surface area contributed by atoms with E-state index >= 15 is 0 Å². The van der Waals surface area contributed by atoms with Crippen molar-refractivity contribution in [3.05, 3.63) is 64.0 Å². The molecule has 140 valence electrons. The number of halogens is 1. The van der Waals surface area contributed by atoms with Gasteiger partial charge in [0.2, 0.25) is 0 Å². The van der Waals surface area contributed by atoms with Gasteiger partial charge in [-0.3, -0.25) is 14.1 Å². The molecule has 7 heteroatoms. The van der Waals surface area contributed by atoms with Crippen molar-refractivity contribution in [3.8, 4) is 21.6 Å². The van der Waals surface area contributed by atoms with Crippen LogP contribution in [0.4, 0.5) is 5.69 Å². The van der Waals surface area contributed by atoms with Gasteiger partial charge in [0.05, 0.1) is 4.88 Å². The molecule has 0 aliphatic heterocycles. The molecule has 1 unspecified atom stereocenters. The van der Waals surface area contributed by atoms with Gasteiger partial charge in [0.15, 0.2) is 5.78 Å². The van der Waals surface area contributed by atoms with Crippen LogP contribution in [0.15, 0.2) is 48.5 Å². The zero-order valence-electron chi connectivity index (χ0n) is 14.8. The van der Waals surface area contributed by atoms with Crippen LogP contribution in [0.25, 0.3) is 21.6 Å². The Kier molecular flexibility index (Phi) is 6.11. The minimum absolute atomic E-state index is 0.0944. The summed E-state index contributed by atoms with van der Waals surface area (Å²) in [7, 11) is 0. The molecule has 0 aliphatic carbocycles. The number of ketones is 1. The molecule has 3 rings (SSSR count). The third-order valence-corrected chi connectivity index (χ3v) is 6.25. The number of Topliss-reactive ketones (excluding diaryl/α,β-unsaturated/α-hetero) is 1. The summed E-state index contributed by atoms with van der Waals surface area (Å²) in [5.74, 6) is 0.0944. The molecule has 0 aliphatic rings. The standard InChI is InChI=1S/C20H18ClNO3S2/c1-3-17(23)20-18(13-6-10-16(11-7-13)22-27(24)25)12(2)19(26-20)14-4-8-15(21)9-5-14/h4-11,22H,3H2,1-2H3,(H,24,25). The van der Waals surface area contributed by atoms with Gasteiger partial charge in [0.25, 0.3) is 11.3 Å². The molecule has 2 aromatic carbocycles. The molecule has 0 saturated heterocycles. The first-order chi connectivity index (χ1) is 12.9. The Labute approximate surface area is 169 Å². The normalized spacial score (nSPS) is 12.0. The van der Waals surface area contributed by atoms with Crippen LogP contribution >= 0.6 is 22.9 Å². The van der Waals surface area contributed by atoms with Crippen LogP contribution in [0.3, 0.4) is 0 Å². The van der Waals surface area contributed by atoms with Gasteiger partial charge in [-0.15, -0.1) is 11.3 Å². The second-order valence-corrected chi connectivity index (χ2v) is 8.13. The number of hydrogen-bond donors (Lipinski definition) is 2. The van der Waals surface area contributed by atoms with E-state index < -0.39 is 11.3 Å². The number of rotatable bonds is 6. The summed E-state index contributed by atoms with van der Waals surface area (Å²) in [5.41, 5.74) is 4.40. The largest absolute Gasteiger partial charge is 0.293 e. The molecule has 0 amide bonds. The molecule has 0 radical (unpaired) electrons. The number of carbonyl (C=O) groups excluding carboxylic acids is 1. The lowest BCUT2D eigenvalue weighted by atomic mass is 9.97. The van der Waals surface area contributed by atoms with Gasteiger partial charge >= 0.3 is 0 Å². The highest BCUT2D eigenvalue weighted by atomic mass is 35.5. The van der Waals surface area contributed by atoms with Crippen LogP contribution in [0.1, 0.15) is 28.6 Å². The summed E-state index contributed by atoms with van der Waals surface area (Å²) in [6.07, 6.45) is 0.427. The highest BCUT2D eigenvalue weighted by molar-refractivity contribution is 7.80. The summed E-state index contributed by atoms with van der Waals surface area (Å²) in [6, 6.07) is 14.7. The second-order valence-electron chi connectivity index (χ2n) is 5.97. The van der Waals surface area contributed by atoms with Gasteiger partial charge in [-0.2, -0.15) is 0 Å². The number of anilines is 1. The van der Waals surface area contributed by atoms with Gasteiger partial charge in [0, 0.05) is 27.6 Å². The van der Waals surface area contributed by atoms with Gasteiger partial charge in [-0.05, 0) is 47.9 Å². The molecule has 2 N–H and O–H groups in total. The molecule has 1 atom stereocenters. The van der Waals surface area contributed by atoms with Crippen LogP contribution in [0.2, 0.25) is 5.02 Å². The van der Waals surface area contributed by atoms with Crippen molar-refractivity contribution in [1.29, 1.82) is 0 Å². The van der Waals surface area contributed by atoms with E-state index in [0.717, 1.165) is 32.0 Å². The summed E-state index contributed by atoms with van der Waals surface area (Å²) >= 11 is 5.37. The van der Waals surface area contributed by atoms with E-state index in [2.05, 4.69) is 4.72 Å². The minimum Gasteiger partial charge on any atom is -0.293 e. The number of carbonyl (C=O) groups is 1. The van der Waals surface area contributed by atoms with Crippen molar-refractivity contribution in [2.24, 2.45) is 0 Å². The first-order valence-electron chi connectivity index (χ1n) is 8.31. The summed E-state index contributed by atoms with van der Waals surface area (Å²) < 4.78 is 22.3. The molecular formula is C20H18ClNO3S2. The molecule has 3 aromatic rings. The van der Waals surface area contributed by atoms with Crippen molar-refractivity contribution in [3.63, 3.8) is 0 Å². The quantitative estimate of drug-likeness (QED) is 0.370. The second kappa shape index (κ2) is 8.35. The van der Waals surface area contributed by atoms with Crippen LogP contribution < -0.4 is 4.72 Å². The molecular weight excluding hydrogens is 402 g/mol. The van der Waals surface area contributed by atoms with E-state index in [4.69, 9.17) is 16.2 Å². The molecule has 0 saturated carbocycles. The van der Waals surface area contributed by atoms with Crippen LogP contribution in [-0.2, 0) is 11.3 Å². The SMILES string of the molecule is CCC(=O)c1sc(-c2ccc(Cl)cc2)c(C)c1-c1ccc(NS(=O)O)cc1. The highest BCUT2D eigenvalue weighted by Crippen LogP contribution is 2.42. The Morgan fingerprint density at radius 2 is 1.70 bits per heavy atom. The maximum Gasteiger partial charge on any atom is 0.259 e. The minimum atomic E-state index is -2.12. The Balaban J connectivity index is 2.11. The van der Waals surface area contributed by atoms with Crippen LogP contribution in [-0.4, -0.2) is 14.5 Å². The van der Waals surface area contributed by atoms with Gasteiger partial charge in [-0.1, -0.05) is 42.8 Å². The number of benzene rings is 2. The molecule has 0 spiro atoms. The fraction of sp³-hybridized carbons (Fsp3) is 0.150. The molecule has 4 nitrogen and oxygen atoms in total. The van der Waals surface area contributed by atoms with E-state index in [1.165, 1.54) is 11.3 Å². The lowest BCUT2D eigenvalue weighted by Crippen LogP contribution is -2.01. The Bertz CT molecular complexity index is 995. The summed E-state index contributed by atoms with van der Waals surface area (Å²) in [6.45, 7) is 3.86. The third kappa shape index (κ3) is 4.30. The highest BCUT2D eigenvalue weighted by Gasteiger charge is 2.21. The first kappa shape index (κ1) is 19.8. The maximum atomic E-state index is 12.6. The smallest absolute Gasteiger partial charge is 0.259 e. The number of hydrogen-bond acceptors (Lipinski definition) is 3. The first-order valence-corrected chi connectivity index (χ1v) is 10.6. The third-order valence-electron chi connectivity index (χ3n) is 4.21. The Hall–Kier alpha value is -1.99. The maximum absolute atomic E-state index is 12.6. The fourth-order valence-electron chi connectivity index (χ4n) is 2.90. The predicted octanol–water partition coefficient (Wildman–Crippen LogP) is 6.19. The van der Waals surface area contributed by atoms with E-state index in [-0.39, 0.29) is 5.78 Å². The molecule has 0 bridgehead atoms. The number of nitrogens with one attached hydrogen (secondary N) is 1. The topological polar surface area (TPSA) is 66.4 Å². The van der Waals surface area contributed by atoms with Crippen molar-refractivity contribution in [1.82, 2.24) is 0 Å². The van der Waals surface area contributed by atoms with E-state index in [1.807, 2.05) is 50.2 Å². The van der Waals surface area contributed by atoms with Gasteiger partial charge in [-0.25, -0.2) is 4.21 Å². The average Bonchev–Trinajstić information content (AvgIpc) is 2.99. The lowest BCUT2D eigenvalue weighted by molar-refractivity contribution is 0.0992. The molecule has 1 aromatic heterocycles. The van der Waals surface area contributed by atoms with E-state index in [9.17, 15) is 9.00 Å². The zero-order valence-corrected chi connectivity index (χ0v) is 17.2. The van der Waals surface area contributed by atoms with E-state index in [0.29, 0.717) is 17.1 Å². The molecule has 1 heterocycles. The van der Waals surface area contributed by atoms with Crippen molar-refractivity contribution in [2.75, 3.05) is 4.72 Å². The average molecular weight is 420 g/mol. The Morgan fingerprint density at radius 1 is 1.11 bits per heavy atom. The van der Waals surface area contributed by atoms with Crippen LogP contribution in [0.5, 0.6) is 0 Å². The van der Waals surface area contributed by atoms with Gasteiger partial charge in [0.1, 0.15) is 0 Å². The number of thiophene rings is 1. The molecule has 27 heavy (non-hydrogen) atoms. The van der Waals surface area contributed by atoms with Crippen molar-refractivity contribution >= 4 is 45.7 Å². The predicted molar refractivity (Wildman–Crippen MR) is 114 cm³/mol. The fourth-order valence-corrected chi connectivity index (χ4v) is 4.71. The lowest BCUT2D eigenvalue weighted by Gasteiger charge is -2.07. The van der Waals surface area contributed by atoms with E-state index in [1.54, 1.807) is 12.1 Å². The summed E-state index contributed by atoms with van der Waals surface area (Å²) in [5, 5.41) is 0.669. The Morgan fingerprint density at radius 3 is 2.26 bits per heavy atom. The van der Waals surface area contributed by atoms with Gasteiger partial charge < -0.3 is 0 Å². The monoisotopic (exact) mass is 419 g/mol.